The van der Waals surface area contributed by atoms with Gasteiger partial charge in [0.2, 0.25) is 0 Å². The number of hydrogen-bond acceptors (Lipinski definition) is 4. The van der Waals surface area contributed by atoms with Gasteiger partial charge < -0.3 is 4.74 Å². The number of methoxy groups -OCH3 is 1. The van der Waals surface area contributed by atoms with Crippen LogP contribution in [0.5, 0.6) is 0 Å². The van der Waals surface area contributed by atoms with E-state index in [-0.39, 0.29) is 5.97 Å². The summed E-state index contributed by atoms with van der Waals surface area (Å²) in [6.07, 6.45) is 0.941. The molecule has 0 atom stereocenters. The van der Waals surface area contributed by atoms with Crippen molar-refractivity contribution in [3.63, 3.8) is 0 Å². The number of carbonyl (C=O) groups excluding carboxylic acids is 1. The number of thiazole rings is 1. The van der Waals surface area contributed by atoms with E-state index in [2.05, 4.69) is 22.0 Å². The normalized spacial score (nSPS) is 10.2. The summed E-state index contributed by atoms with van der Waals surface area (Å²) < 4.78 is 4.65. The number of carbonyl (C=O) groups is 1. The van der Waals surface area contributed by atoms with Crippen LogP contribution in [0.2, 0.25) is 0 Å². The average Bonchev–Trinajstić information content (AvgIpc) is 2.87. The van der Waals surface area contributed by atoms with Gasteiger partial charge in [0.05, 0.1) is 18.4 Å². The van der Waals surface area contributed by atoms with Gasteiger partial charge in [-0.1, -0.05) is 19.1 Å². The molecule has 1 aromatic heterocycles. The lowest BCUT2D eigenvalue weighted by Gasteiger charge is -2.00. The molecule has 0 aliphatic rings. The van der Waals surface area contributed by atoms with Crippen LogP contribution in [0.25, 0.3) is 10.6 Å². The minimum absolute atomic E-state index is 0.315. The van der Waals surface area contributed by atoms with Gasteiger partial charge in [-0.15, -0.1) is 11.3 Å². The van der Waals surface area contributed by atoms with Crippen molar-refractivity contribution in [1.29, 1.82) is 0 Å². The minimum atomic E-state index is -0.315. The fourth-order valence-electron chi connectivity index (χ4n) is 1.47. The zero-order chi connectivity index (χ0) is 12.3. The Labute approximate surface area is 104 Å². The molecule has 3 nitrogen and oxygen atoms in total. The molecule has 88 valence electrons. The summed E-state index contributed by atoms with van der Waals surface area (Å²) in [6.45, 7) is 2.08. The molecule has 2 aromatic rings. The van der Waals surface area contributed by atoms with Crippen molar-refractivity contribution in [2.24, 2.45) is 0 Å². The van der Waals surface area contributed by atoms with Crippen LogP contribution in [-0.4, -0.2) is 18.1 Å². The number of rotatable bonds is 3. The van der Waals surface area contributed by atoms with Crippen molar-refractivity contribution in [3.8, 4) is 10.6 Å². The third-order valence-corrected chi connectivity index (χ3v) is 3.41. The molecule has 0 radical (unpaired) electrons. The molecule has 1 heterocycles. The molecule has 0 fully saturated rings. The van der Waals surface area contributed by atoms with E-state index in [4.69, 9.17) is 0 Å². The van der Waals surface area contributed by atoms with Crippen molar-refractivity contribution < 1.29 is 9.53 Å². The molecule has 17 heavy (non-hydrogen) atoms. The monoisotopic (exact) mass is 247 g/mol. The summed E-state index contributed by atoms with van der Waals surface area (Å²) in [5.74, 6) is -0.315. The summed E-state index contributed by atoms with van der Waals surface area (Å²) in [5, 5.41) is 3.04. The van der Waals surface area contributed by atoms with E-state index in [0.29, 0.717) is 5.56 Å². The van der Waals surface area contributed by atoms with Crippen LogP contribution in [0, 0.1) is 0 Å². The Morgan fingerprint density at radius 3 is 2.59 bits per heavy atom. The van der Waals surface area contributed by atoms with Crippen molar-refractivity contribution in [2.75, 3.05) is 7.11 Å². The fraction of sp³-hybridized carbons (Fsp3) is 0.231. The quantitative estimate of drug-likeness (QED) is 0.782. The first kappa shape index (κ1) is 11.8. The minimum Gasteiger partial charge on any atom is -0.465 e. The molecule has 0 aliphatic heterocycles. The van der Waals surface area contributed by atoms with Gasteiger partial charge in [-0.3, -0.25) is 0 Å². The largest absolute Gasteiger partial charge is 0.465 e. The Balaban J connectivity index is 2.25. The van der Waals surface area contributed by atoms with Crippen LogP contribution in [-0.2, 0) is 11.2 Å². The maximum absolute atomic E-state index is 11.3. The molecule has 0 saturated carbocycles. The SMILES string of the molecule is CCc1csc(-c2ccc(C(=O)OC)cc2)n1. The average molecular weight is 247 g/mol. The van der Waals surface area contributed by atoms with Gasteiger partial charge in [0.15, 0.2) is 0 Å². The second-order valence-electron chi connectivity index (χ2n) is 3.57. The van der Waals surface area contributed by atoms with Crippen LogP contribution in [0.4, 0.5) is 0 Å². The molecule has 0 amide bonds. The van der Waals surface area contributed by atoms with E-state index in [1.54, 1.807) is 23.5 Å². The van der Waals surface area contributed by atoms with Crippen LogP contribution >= 0.6 is 11.3 Å². The first-order chi connectivity index (χ1) is 8.24. The molecule has 0 aliphatic carbocycles. The number of aryl methyl sites for hydroxylation is 1. The third kappa shape index (κ3) is 2.53. The topological polar surface area (TPSA) is 39.2 Å². The van der Waals surface area contributed by atoms with E-state index in [1.165, 1.54) is 7.11 Å². The number of hydrogen-bond donors (Lipinski definition) is 0. The second-order valence-corrected chi connectivity index (χ2v) is 4.42. The number of benzene rings is 1. The molecule has 0 N–H and O–H groups in total. The molecule has 2 rings (SSSR count). The van der Waals surface area contributed by atoms with E-state index >= 15 is 0 Å². The predicted octanol–water partition coefficient (Wildman–Crippen LogP) is 3.16. The Morgan fingerprint density at radius 1 is 1.35 bits per heavy atom. The smallest absolute Gasteiger partial charge is 0.337 e. The Hall–Kier alpha value is -1.68. The summed E-state index contributed by atoms with van der Waals surface area (Å²) in [5.41, 5.74) is 2.69. The van der Waals surface area contributed by atoms with Crippen LogP contribution in [0.3, 0.4) is 0 Å². The first-order valence-corrected chi connectivity index (χ1v) is 6.25. The van der Waals surface area contributed by atoms with E-state index in [0.717, 1.165) is 22.7 Å². The predicted molar refractivity (Wildman–Crippen MR) is 68.3 cm³/mol. The highest BCUT2D eigenvalue weighted by atomic mass is 32.1. The summed E-state index contributed by atoms with van der Waals surface area (Å²) >= 11 is 1.62. The first-order valence-electron chi connectivity index (χ1n) is 5.37. The van der Waals surface area contributed by atoms with Gasteiger partial charge >= 0.3 is 5.97 Å². The molecular weight excluding hydrogens is 234 g/mol. The standard InChI is InChI=1S/C13H13NO2S/c1-3-11-8-17-12(14-11)9-4-6-10(7-5-9)13(15)16-2/h4-8H,3H2,1-2H3. The summed E-state index contributed by atoms with van der Waals surface area (Å²) in [7, 11) is 1.38. The van der Waals surface area contributed by atoms with Crippen molar-refractivity contribution in [2.45, 2.75) is 13.3 Å². The Kier molecular flexibility index (Phi) is 3.54. The van der Waals surface area contributed by atoms with Crippen LogP contribution in [0.15, 0.2) is 29.6 Å². The van der Waals surface area contributed by atoms with Gasteiger partial charge in [0.25, 0.3) is 0 Å². The van der Waals surface area contributed by atoms with Gasteiger partial charge in [0, 0.05) is 10.9 Å². The van der Waals surface area contributed by atoms with Crippen LogP contribution in [0.1, 0.15) is 23.0 Å². The van der Waals surface area contributed by atoms with E-state index in [9.17, 15) is 4.79 Å². The molecule has 4 heteroatoms. The molecule has 0 saturated heterocycles. The van der Waals surface area contributed by atoms with Crippen LogP contribution < -0.4 is 0 Å². The van der Waals surface area contributed by atoms with Gasteiger partial charge in [-0.05, 0) is 18.6 Å². The van der Waals surface area contributed by atoms with Gasteiger partial charge in [-0.25, -0.2) is 9.78 Å². The fourth-order valence-corrected chi connectivity index (χ4v) is 2.38. The molecule has 0 bridgehead atoms. The van der Waals surface area contributed by atoms with Crippen molar-refractivity contribution in [3.05, 3.63) is 40.9 Å². The lowest BCUT2D eigenvalue weighted by atomic mass is 10.1. The third-order valence-electron chi connectivity index (χ3n) is 2.47. The lowest BCUT2D eigenvalue weighted by Crippen LogP contribution is -2.00. The highest BCUT2D eigenvalue weighted by Crippen LogP contribution is 2.24. The zero-order valence-corrected chi connectivity index (χ0v) is 10.6. The zero-order valence-electron chi connectivity index (χ0n) is 9.77. The lowest BCUT2D eigenvalue weighted by molar-refractivity contribution is 0.0601. The Bertz CT molecular complexity index is 516. The molecule has 1 aromatic carbocycles. The maximum atomic E-state index is 11.3. The number of aromatic nitrogens is 1. The highest BCUT2D eigenvalue weighted by Gasteiger charge is 2.07. The van der Waals surface area contributed by atoms with E-state index < -0.39 is 0 Å². The highest BCUT2D eigenvalue weighted by molar-refractivity contribution is 7.13. The number of esters is 1. The Morgan fingerprint density at radius 2 is 2.06 bits per heavy atom. The molecular formula is C13H13NO2S. The second kappa shape index (κ2) is 5.10. The molecule has 0 unspecified atom stereocenters. The van der Waals surface area contributed by atoms with E-state index in [1.807, 2.05) is 12.1 Å². The van der Waals surface area contributed by atoms with Crippen molar-refractivity contribution in [1.82, 2.24) is 4.98 Å². The van der Waals surface area contributed by atoms with Gasteiger partial charge in [0.1, 0.15) is 5.01 Å². The number of ether oxygens (including phenoxy) is 1. The molecule has 0 spiro atoms. The number of nitrogens with zero attached hydrogens (tertiary/aromatic N) is 1. The maximum Gasteiger partial charge on any atom is 0.337 e. The summed E-state index contributed by atoms with van der Waals surface area (Å²) in [6, 6.07) is 7.30. The van der Waals surface area contributed by atoms with Crippen molar-refractivity contribution >= 4 is 17.3 Å². The summed E-state index contributed by atoms with van der Waals surface area (Å²) in [4.78, 5) is 15.8. The van der Waals surface area contributed by atoms with Gasteiger partial charge in [-0.2, -0.15) is 0 Å².